The summed E-state index contributed by atoms with van der Waals surface area (Å²) in [6.07, 6.45) is 6.22. The molecule has 5 aromatic rings. The lowest BCUT2D eigenvalue weighted by atomic mass is 9.89. The van der Waals surface area contributed by atoms with E-state index in [0.717, 1.165) is 5.56 Å². The maximum absolute atomic E-state index is 12.4. The molecule has 0 saturated carbocycles. The van der Waals surface area contributed by atoms with Crippen LogP contribution in [0.1, 0.15) is 27.4 Å². The van der Waals surface area contributed by atoms with Crippen molar-refractivity contribution < 1.29 is 43.7 Å². The SMILES string of the molecule is CB(O)NCCN.COc1cc(/C=C/C(=O)Nc2ccccc2C(=O)NCCNB(C)O)ccc1O.COc1cc(/C=C/c2nc3ccccc3c(=O)o2)ccc1O. The van der Waals surface area contributed by atoms with Crippen molar-refractivity contribution in [3.8, 4) is 23.0 Å². The van der Waals surface area contributed by atoms with Crippen LogP contribution in [0.5, 0.6) is 23.0 Å². The topological polar surface area (TPSA) is 251 Å². The zero-order chi connectivity index (χ0) is 42.5. The molecule has 0 bridgehead atoms. The second-order valence-corrected chi connectivity index (χ2v) is 12.2. The van der Waals surface area contributed by atoms with Gasteiger partial charge in [-0.25, -0.2) is 9.78 Å². The van der Waals surface area contributed by atoms with Crippen LogP contribution < -0.4 is 41.9 Å². The third-order valence-electron chi connectivity index (χ3n) is 7.67. The highest BCUT2D eigenvalue weighted by Gasteiger charge is 2.12. The summed E-state index contributed by atoms with van der Waals surface area (Å²) in [5.74, 6) is 0.228. The van der Waals surface area contributed by atoms with E-state index >= 15 is 0 Å². The lowest BCUT2D eigenvalue weighted by Crippen LogP contribution is -2.38. The number of hydrogen-bond acceptors (Lipinski definition) is 14. The number of ether oxygens (including phenoxy) is 2. The maximum atomic E-state index is 12.4. The summed E-state index contributed by atoms with van der Waals surface area (Å²) in [5.41, 5.74) is 7.43. The molecule has 10 N–H and O–H groups in total. The Morgan fingerprint density at radius 2 is 1.38 bits per heavy atom. The van der Waals surface area contributed by atoms with Crippen molar-refractivity contribution in [2.45, 2.75) is 13.6 Å². The van der Waals surface area contributed by atoms with Gasteiger partial charge in [0.2, 0.25) is 11.8 Å². The molecule has 0 fully saturated rings. The van der Waals surface area contributed by atoms with E-state index in [-0.39, 0.29) is 23.3 Å². The number of nitrogens with two attached hydrogens (primary N) is 1. The van der Waals surface area contributed by atoms with Crippen LogP contribution in [0.3, 0.4) is 0 Å². The first-order valence-electron chi connectivity index (χ1n) is 18.1. The number of phenolic OH excluding ortho intramolecular Hbond substituents is 2. The number of carbonyl (C=O) groups excluding carboxylic acids is 2. The Hall–Kier alpha value is -6.43. The van der Waals surface area contributed by atoms with Crippen LogP contribution in [0.4, 0.5) is 5.69 Å². The standard InChI is InChI=1S/C20H24BN3O5.C17H13NO4.C3H11BN2O/c1-21(28)23-12-11-22-20(27)15-5-3-4-6-16(15)24-19(26)10-8-14-7-9-17(25)18(13-14)29-2;1-21-15-10-11(6-8-14(15)19)7-9-16-18-13-5-3-2-4-12(13)17(20)22-16;1-4(7)6-3-2-5/h3-10,13,23,25,28H,11-12H2,1-2H3,(H,22,27)(H,24,26);2-10,19H,1H3;6-7H,2-3,5H2,1H3/b10-8+;9-7+;. The van der Waals surface area contributed by atoms with Gasteiger partial charge in [0.15, 0.2) is 23.0 Å². The average molecular weight is 794 g/mol. The summed E-state index contributed by atoms with van der Waals surface area (Å²) in [7, 11) is 1.84. The van der Waals surface area contributed by atoms with E-state index in [1.54, 1.807) is 98.6 Å². The first-order chi connectivity index (χ1) is 27.8. The highest BCUT2D eigenvalue weighted by Crippen LogP contribution is 2.28. The molecule has 0 atom stereocenters. The normalized spacial score (nSPS) is 10.6. The first kappa shape index (κ1) is 46.0. The van der Waals surface area contributed by atoms with Crippen LogP contribution in [0.2, 0.25) is 13.6 Å². The molecule has 58 heavy (non-hydrogen) atoms. The Morgan fingerprint density at radius 1 is 0.793 bits per heavy atom. The van der Waals surface area contributed by atoms with E-state index in [9.17, 15) is 24.6 Å². The Balaban J connectivity index is 0.000000273. The van der Waals surface area contributed by atoms with Gasteiger partial charge in [0.25, 0.3) is 5.91 Å². The number of para-hydroxylation sites is 2. The minimum Gasteiger partial charge on any atom is -0.504 e. The Morgan fingerprint density at radius 3 is 1.98 bits per heavy atom. The zero-order valence-corrected chi connectivity index (χ0v) is 32.6. The molecule has 16 nitrogen and oxygen atoms in total. The summed E-state index contributed by atoms with van der Waals surface area (Å²) in [4.78, 5) is 40.8. The second kappa shape index (κ2) is 24.3. The molecule has 0 aliphatic carbocycles. The molecule has 0 aliphatic heterocycles. The van der Waals surface area contributed by atoms with Crippen LogP contribution in [-0.4, -0.2) is 91.6 Å². The number of methoxy groups -OCH3 is 2. The van der Waals surface area contributed by atoms with Gasteiger partial charge in [0.1, 0.15) is 0 Å². The number of carbonyl (C=O) groups is 2. The molecule has 0 spiro atoms. The van der Waals surface area contributed by atoms with Gasteiger partial charge in [0.05, 0.1) is 36.4 Å². The van der Waals surface area contributed by atoms with E-state index in [1.165, 1.54) is 32.4 Å². The lowest BCUT2D eigenvalue weighted by molar-refractivity contribution is -0.111. The number of amides is 2. The molecule has 0 saturated heterocycles. The van der Waals surface area contributed by atoms with E-state index in [1.807, 2.05) is 6.07 Å². The first-order valence-corrected chi connectivity index (χ1v) is 18.1. The van der Waals surface area contributed by atoms with Crippen LogP contribution in [-0.2, 0) is 4.79 Å². The molecule has 0 aliphatic rings. The molecule has 5 rings (SSSR count). The van der Waals surface area contributed by atoms with Gasteiger partial charge in [-0.1, -0.05) is 36.4 Å². The smallest absolute Gasteiger partial charge is 0.373 e. The van der Waals surface area contributed by atoms with Crippen molar-refractivity contribution >= 4 is 60.7 Å². The van der Waals surface area contributed by atoms with E-state index in [2.05, 4.69) is 26.1 Å². The summed E-state index contributed by atoms with van der Waals surface area (Å²) in [6, 6.07) is 23.3. The van der Waals surface area contributed by atoms with Crippen LogP contribution in [0.15, 0.2) is 100 Å². The summed E-state index contributed by atoms with van der Waals surface area (Å²) >= 11 is 0. The fourth-order valence-electron chi connectivity index (χ4n) is 4.85. The summed E-state index contributed by atoms with van der Waals surface area (Å²) < 4.78 is 15.2. The average Bonchev–Trinajstić information content (AvgIpc) is 3.21. The third-order valence-corrected chi connectivity index (χ3v) is 7.67. The number of aromatic nitrogens is 1. The van der Waals surface area contributed by atoms with Crippen molar-refractivity contribution in [2.24, 2.45) is 5.73 Å². The van der Waals surface area contributed by atoms with Crippen molar-refractivity contribution in [3.63, 3.8) is 0 Å². The van der Waals surface area contributed by atoms with Gasteiger partial charge in [-0.3, -0.25) is 9.59 Å². The monoisotopic (exact) mass is 794 g/mol. The van der Waals surface area contributed by atoms with Gasteiger partial charge in [-0.15, -0.1) is 0 Å². The number of anilines is 1. The highest BCUT2D eigenvalue weighted by molar-refractivity contribution is 6.45. The second-order valence-electron chi connectivity index (χ2n) is 12.2. The Labute approximate surface area is 336 Å². The number of fused-ring (bicyclic) bond motifs is 1. The maximum Gasteiger partial charge on any atom is 0.373 e. The van der Waals surface area contributed by atoms with Crippen molar-refractivity contribution in [1.29, 1.82) is 0 Å². The van der Waals surface area contributed by atoms with Crippen LogP contribution >= 0.6 is 0 Å². The van der Waals surface area contributed by atoms with E-state index in [0.29, 0.717) is 65.4 Å². The summed E-state index contributed by atoms with van der Waals surface area (Å²) in [6.45, 7) is 5.25. The largest absolute Gasteiger partial charge is 0.504 e. The van der Waals surface area contributed by atoms with Gasteiger partial charge in [-0.05, 0) is 92.0 Å². The molecular weight excluding hydrogens is 746 g/mol. The highest BCUT2D eigenvalue weighted by atomic mass is 16.5. The number of nitrogens with zero attached hydrogens (tertiary/aromatic N) is 1. The van der Waals surface area contributed by atoms with Crippen molar-refractivity contribution in [3.05, 3.63) is 124 Å². The third kappa shape index (κ3) is 15.6. The van der Waals surface area contributed by atoms with Gasteiger partial charge in [0, 0.05) is 31.8 Å². The minimum absolute atomic E-state index is 0.0117. The number of hydrogen-bond donors (Lipinski definition) is 9. The predicted octanol–water partition coefficient (Wildman–Crippen LogP) is 3.20. The molecule has 0 unspecified atom stereocenters. The van der Waals surface area contributed by atoms with Gasteiger partial charge < -0.3 is 61.0 Å². The Bertz CT molecular complexity index is 2220. The minimum atomic E-state index is -0.654. The molecule has 1 aromatic heterocycles. The molecule has 18 heteroatoms. The molecule has 1 heterocycles. The molecule has 4 aromatic carbocycles. The van der Waals surface area contributed by atoms with Gasteiger partial charge in [-0.2, -0.15) is 0 Å². The fourth-order valence-corrected chi connectivity index (χ4v) is 4.85. The number of nitrogens with one attached hydrogen (secondary N) is 4. The van der Waals surface area contributed by atoms with Crippen molar-refractivity contribution in [1.82, 2.24) is 20.8 Å². The van der Waals surface area contributed by atoms with Crippen LogP contribution in [0, 0.1) is 0 Å². The number of aromatic hydroxyl groups is 2. The molecule has 0 radical (unpaired) electrons. The molecular formula is C40H48B2N6O10. The summed E-state index contributed by atoms with van der Waals surface area (Å²) in [5, 5.41) is 48.2. The van der Waals surface area contributed by atoms with Gasteiger partial charge >= 0.3 is 19.7 Å². The van der Waals surface area contributed by atoms with Crippen LogP contribution in [0.25, 0.3) is 29.1 Å². The van der Waals surface area contributed by atoms with E-state index < -0.39 is 25.6 Å². The molecule has 2 amide bonds. The number of benzene rings is 4. The number of phenols is 2. The van der Waals surface area contributed by atoms with Crippen molar-refractivity contribution in [2.75, 3.05) is 45.7 Å². The quantitative estimate of drug-likeness (QED) is 0.0420. The Kier molecular flexibility index (Phi) is 19.2. The number of rotatable bonds is 15. The lowest BCUT2D eigenvalue weighted by Gasteiger charge is -2.11. The fraction of sp³-hybridized carbons (Fsp3) is 0.200. The molecule has 304 valence electrons. The predicted molar refractivity (Wildman–Crippen MR) is 228 cm³/mol. The zero-order valence-electron chi connectivity index (χ0n) is 32.6. The van der Waals surface area contributed by atoms with E-state index in [4.69, 9.17) is 29.7 Å².